The number of carboxylic acid groups (broad SMARTS) is 1. The molecule has 0 saturated carbocycles. The summed E-state index contributed by atoms with van der Waals surface area (Å²) in [5, 5.41) is 9.05. The molecule has 1 amide bonds. The van der Waals surface area contributed by atoms with Crippen molar-refractivity contribution >= 4 is 11.9 Å². The van der Waals surface area contributed by atoms with E-state index in [-0.39, 0.29) is 31.7 Å². The maximum atomic E-state index is 12.6. The topological polar surface area (TPSA) is 66.8 Å². The summed E-state index contributed by atoms with van der Waals surface area (Å²) in [5.74, 6) is -1.73. The number of benzene rings is 1. The number of halogens is 3. The van der Waals surface area contributed by atoms with Gasteiger partial charge in [0.1, 0.15) is 0 Å². The molecule has 1 N–H and O–H groups in total. The van der Waals surface area contributed by atoms with Gasteiger partial charge >= 0.3 is 12.1 Å². The monoisotopic (exact) mass is 317 g/mol. The van der Waals surface area contributed by atoms with Gasteiger partial charge in [-0.1, -0.05) is 18.2 Å². The number of nitrogens with zero attached hydrogens (tertiary/aromatic N) is 1. The van der Waals surface area contributed by atoms with Crippen LogP contribution >= 0.6 is 0 Å². The molecule has 1 aliphatic heterocycles. The van der Waals surface area contributed by atoms with Crippen molar-refractivity contribution < 1.29 is 32.6 Å². The van der Waals surface area contributed by atoms with Gasteiger partial charge in [-0.15, -0.1) is 0 Å². The van der Waals surface area contributed by atoms with Crippen molar-refractivity contribution in [3.05, 3.63) is 35.4 Å². The highest BCUT2D eigenvalue weighted by atomic mass is 19.4. The molecule has 2 rings (SSSR count). The maximum absolute atomic E-state index is 12.6. The summed E-state index contributed by atoms with van der Waals surface area (Å²) in [6.07, 6.45) is -4.77. The van der Waals surface area contributed by atoms with Crippen molar-refractivity contribution in [1.82, 2.24) is 4.90 Å². The largest absolute Gasteiger partial charge is 0.480 e. The Morgan fingerprint density at radius 3 is 2.73 bits per heavy atom. The van der Waals surface area contributed by atoms with E-state index >= 15 is 0 Å². The summed E-state index contributed by atoms with van der Waals surface area (Å²) in [7, 11) is 0. The molecule has 22 heavy (non-hydrogen) atoms. The number of hydrogen-bond donors (Lipinski definition) is 1. The Bertz CT molecular complexity index is 573. The number of amides is 1. The predicted octanol–water partition coefficient (Wildman–Crippen LogP) is 1.56. The van der Waals surface area contributed by atoms with E-state index in [0.717, 1.165) is 17.0 Å². The molecule has 1 aliphatic rings. The zero-order chi connectivity index (χ0) is 16.3. The minimum atomic E-state index is -4.48. The molecule has 8 heteroatoms. The normalized spacial score (nSPS) is 19.0. The Kier molecular flexibility index (Phi) is 4.70. The molecule has 1 aromatic carbocycles. The van der Waals surface area contributed by atoms with E-state index in [1.165, 1.54) is 12.1 Å². The van der Waals surface area contributed by atoms with E-state index in [4.69, 9.17) is 9.84 Å². The lowest BCUT2D eigenvalue weighted by Crippen LogP contribution is -2.53. The molecule has 0 bridgehead atoms. The number of carbonyl (C=O) groups excluding carboxylic acids is 1. The first-order valence-corrected chi connectivity index (χ1v) is 6.55. The van der Waals surface area contributed by atoms with Crippen LogP contribution in [0.2, 0.25) is 0 Å². The number of rotatable bonds is 3. The first-order chi connectivity index (χ1) is 10.3. The van der Waals surface area contributed by atoms with Gasteiger partial charge in [0.25, 0.3) is 0 Å². The minimum Gasteiger partial charge on any atom is -0.480 e. The molecule has 1 atom stereocenters. The number of carbonyl (C=O) groups is 2. The molecule has 1 aromatic rings. The summed E-state index contributed by atoms with van der Waals surface area (Å²) >= 11 is 0. The quantitative estimate of drug-likeness (QED) is 0.919. The molecule has 1 heterocycles. The summed E-state index contributed by atoms with van der Waals surface area (Å²) in [6.45, 7) is 0.191. The Labute approximate surface area is 124 Å². The van der Waals surface area contributed by atoms with E-state index in [1.54, 1.807) is 0 Å². The van der Waals surface area contributed by atoms with Crippen LogP contribution in [0.25, 0.3) is 0 Å². The third-order valence-corrected chi connectivity index (χ3v) is 3.34. The van der Waals surface area contributed by atoms with Crippen molar-refractivity contribution in [2.45, 2.75) is 18.6 Å². The number of carboxylic acids is 1. The molecule has 120 valence electrons. The van der Waals surface area contributed by atoms with Crippen molar-refractivity contribution in [3.63, 3.8) is 0 Å². The van der Waals surface area contributed by atoms with Gasteiger partial charge in [-0.05, 0) is 11.6 Å². The fourth-order valence-electron chi connectivity index (χ4n) is 2.24. The number of ether oxygens (including phenoxy) is 1. The van der Waals surface area contributed by atoms with E-state index < -0.39 is 29.7 Å². The average Bonchev–Trinajstić information content (AvgIpc) is 2.46. The molecular formula is C14H14F3NO4. The second kappa shape index (κ2) is 6.35. The molecule has 0 aromatic heterocycles. The lowest BCUT2D eigenvalue weighted by atomic mass is 10.1. The molecule has 0 aliphatic carbocycles. The van der Waals surface area contributed by atoms with E-state index in [2.05, 4.69) is 0 Å². The maximum Gasteiger partial charge on any atom is 0.416 e. The Hall–Kier alpha value is -2.09. The van der Waals surface area contributed by atoms with Gasteiger partial charge in [0.15, 0.2) is 6.04 Å². The van der Waals surface area contributed by atoms with Gasteiger partial charge in [0.2, 0.25) is 5.91 Å². The van der Waals surface area contributed by atoms with Crippen LogP contribution in [0.4, 0.5) is 13.2 Å². The van der Waals surface area contributed by atoms with E-state index in [1.807, 2.05) is 0 Å². The molecule has 0 unspecified atom stereocenters. The number of hydrogen-bond acceptors (Lipinski definition) is 3. The lowest BCUT2D eigenvalue weighted by molar-refractivity contribution is -0.158. The standard InChI is InChI=1S/C14H14F3NO4/c15-14(16,17)10-3-1-2-9(6-10)7-12(19)18-4-5-22-8-11(18)13(20)21/h1-3,6,11H,4-5,7-8H2,(H,20,21)/t11-/m0/s1. The first-order valence-electron chi connectivity index (χ1n) is 6.55. The van der Waals surface area contributed by atoms with Crippen LogP contribution in [0, 0.1) is 0 Å². The Balaban J connectivity index is 2.12. The molecule has 1 fully saturated rings. The summed E-state index contributed by atoms with van der Waals surface area (Å²) in [6, 6.07) is 3.34. The second-order valence-electron chi connectivity index (χ2n) is 4.89. The molecule has 0 spiro atoms. The Morgan fingerprint density at radius 2 is 2.09 bits per heavy atom. The first kappa shape index (κ1) is 16.3. The van der Waals surface area contributed by atoms with Crippen molar-refractivity contribution in [2.24, 2.45) is 0 Å². The van der Waals surface area contributed by atoms with Crippen molar-refractivity contribution in [3.8, 4) is 0 Å². The van der Waals surface area contributed by atoms with Gasteiger partial charge < -0.3 is 14.7 Å². The van der Waals surface area contributed by atoms with Gasteiger partial charge in [0.05, 0.1) is 25.2 Å². The SMILES string of the molecule is O=C(O)[C@@H]1COCCN1C(=O)Cc1cccc(C(F)(F)F)c1. The summed E-state index contributed by atoms with van der Waals surface area (Å²) in [4.78, 5) is 24.4. The lowest BCUT2D eigenvalue weighted by Gasteiger charge is -2.33. The fraction of sp³-hybridized carbons (Fsp3) is 0.429. The van der Waals surface area contributed by atoms with Crippen LogP contribution < -0.4 is 0 Å². The summed E-state index contributed by atoms with van der Waals surface area (Å²) < 4.78 is 42.9. The predicted molar refractivity (Wildman–Crippen MR) is 69.1 cm³/mol. The zero-order valence-corrected chi connectivity index (χ0v) is 11.5. The van der Waals surface area contributed by atoms with Gasteiger partial charge in [-0.3, -0.25) is 4.79 Å². The van der Waals surface area contributed by atoms with Crippen molar-refractivity contribution in [2.75, 3.05) is 19.8 Å². The van der Waals surface area contributed by atoms with E-state index in [0.29, 0.717) is 0 Å². The summed E-state index contributed by atoms with van der Waals surface area (Å²) in [5.41, 5.74) is -0.648. The number of aliphatic carboxylic acids is 1. The second-order valence-corrected chi connectivity index (χ2v) is 4.89. The number of alkyl halides is 3. The third-order valence-electron chi connectivity index (χ3n) is 3.34. The average molecular weight is 317 g/mol. The van der Waals surface area contributed by atoms with Gasteiger partial charge in [-0.2, -0.15) is 13.2 Å². The molecule has 5 nitrogen and oxygen atoms in total. The van der Waals surface area contributed by atoms with Crippen LogP contribution in [0.5, 0.6) is 0 Å². The smallest absolute Gasteiger partial charge is 0.416 e. The van der Waals surface area contributed by atoms with Gasteiger partial charge in [0, 0.05) is 6.54 Å². The highest BCUT2D eigenvalue weighted by Crippen LogP contribution is 2.29. The van der Waals surface area contributed by atoms with Gasteiger partial charge in [-0.25, -0.2) is 4.79 Å². The highest BCUT2D eigenvalue weighted by Gasteiger charge is 2.33. The van der Waals surface area contributed by atoms with Crippen LogP contribution in [0.15, 0.2) is 24.3 Å². The van der Waals surface area contributed by atoms with Crippen LogP contribution in [-0.4, -0.2) is 47.7 Å². The minimum absolute atomic E-state index is 0.106. The third kappa shape index (κ3) is 3.76. The zero-order valence-electron chi connectivity index (χ0n) is 11.5. The van der Waals surface area contributed by atoms with Crippen LogP contribution in [-0.2, 0) is 26.9 Å². The highest BCUT2D eigenvalue weighted by molar-refractivity contribution is 5.85. The van der Waals surface area contributed by atoms with Crippen LogP contribution in [0.1, 0.15) is 11.1 Å². The molecule has 1 saturated heterocycles. The Morgan fingerprint density at radius 1 is 1.36 bits per heavy atom. The fourth-order valence-corrected chi connectivity index (χ4v) is 2.24. The van der Waals surface area contributed by atoms with E-state index in [9.17, 15) is 22.8 Å². The molecule has 0 radical (unpaired) electrons. The molecular weight excluding hydrogens is 303 g/mol. The van der Waals surface area contributed by atoms with Crippen molar-refractivity contribution in [1.29, 1.82) is 0 Å². The number of morpholine rings is 1. The van der Waals surface area contributed by atoms with Crippen LogP contribution in [0.3, 0.4) is 0 Å².